The number of anilines is 2. The number of carbonyl (C=O) groups excluding carboxylic acids is 2. The molecule has 3 amide bonds. The Hall–Kier alpha value is -2.55. The minimum Gasteiger partial charge on any atom is -0.329 e. The SMILES string of the molecule is O=C(CNC(=O)Nc1ccccc1)Nc1ccc(Br)c(C(F)(F)F)c1. The molecule has 0 aliphatic carbocycles. The Kier molecular flexibility index (Phi) is 6.02. The van der Waals surface area contributed by atoms with Gasteiger partial charge in [0.05, 0.1) is 12.1 Å². The van der Waals surface area contributed by atoms with Crippen molar-refractivity contribution in [3.63, 3.8) is 0 Å². The molecule has 25 heavy (non-hydrogen) atoms. The Balaban J connectivity index is 1.89. The average Bonchev–Trinajstić information content (AvgIpc) is 2.55. The average molecular weight is 416 g/mol. The van der Waals surface area contributed by atoms with E-state index in [1.807, 2.05) is 0 Å². The number of para-hydroxylation sites is 1. The van der Waals surface area contributed by atoms with Crippen LogP contribution in [0.1, 0.15) is 5.56 Å². The summed E-state index contributed by atoms with van der Waals surface area (Å²) in [5.41, 5.74) is -0.381. The maximum absolute atomic E-state index is 12.8. The highest BCUT2D eigenvalue weighted by atomic mass is 79.9. The number of alkyl halides is 3. The number of halogens is 4. The van der Waals surface area contributed by atoms with Gasteiger partial charge in [-0.05, 0) is 30.3 Å². The van der Waals surface area contributed by atoms with E-state index in [1.165, 1.54) is 12.1 Å². The third kappa shape index (κ3) is 5.79. The zero-order chi connectivity index (χ0) is 18.4. The van der Waals surface area contributed by atoms with E-state index in [4.69, 9.17) is 0 Å². The van der Waals surface area contributed by atoms with E-state index in [-0.39, 0.29) is 10.2 Å². The molecule has 0 bridgehead atoms. The molecular formula is C16H13BrF3N3O2. The molecule has 3 N–H and O–H groups in total. The first-order chi connectivity index (χ1) is 11.8. The second-order valence-electron chi connectivity index (χ2n) is 4.91. The van der Waals surface area contributed by atoms with E-state index >= 15 is 0 Å². The van der Waals surface area contributed by atoms with E-state index in [9.17, 15) is 22.8 Å². The Morgan fingerprint density at radius 1 is 0.960 bits per heavy atom. The van der Waals surface area contributed by atoms with Crippen LogP contribution in [0, 0.1) is 0 Å². The van der Waals surface area contributed by atoms with Gasteiger partial charge in [-0.15, -0.1) is 0 Å². The molecule has 2 rings (SSSR count). The number of carbonyl (C=O) groups is 2. The van der Waals surface area contributed by atoms with Gasteiger partial charge in [0.2, 0.25) is 5.91 Å². The lowest BCUT2D eigenvalue weighted by Crippen LogP contribution is -2.35. The summed E-state index contributed by atoms with van der Waals surface area (Å²) in [5.74, 6) is -0.654. The van der Waals surface area contributed by atoms with E-state index in [0.717, 1.165) is 6.07 Å². The largest absolute Gasteiger partial charge is 0.417 e. The molecule has 0 aromatic heterocycles. The molecule has 0 aliphatic heterocycles. The maximum Gasteiger partial charge on any atom is 0.417 e. The monoisotopic (exact) mass is 415 g/mol. The lowest BCUT2D eigenvalue weighted by molar-refractivity contribution is -0.138. The van der Waals surface area contributed by atoms with E-state index < -0.39 is 30.2 Å². The molecule has 0 saturated heterocycles. The second-order valence-corrected chi connectivity index (χ2v) is 5.77. The van der Waals surface area contributed by atoms with E-state index in [2.05, 4.69) is 31.9 Å². The zero-order valence-electron chi connectivity index (χ0n) is 12.7. The van der Waals surface area contributed by atoms with Crippen LogP contribution in [0.25, 0.3) is 0 Å². The number of hydrogen-bond donors (Lipinski definition) is 3. The Bertz CT molecular complexity index is 767. The minimum absolute atomic E-state index is 0.0224. The third-order valence-electron chi connectivity index (χ3n) is 3.00. The molecule has 5 nitrogen and oxygen atoms in total. The summed E-state index contributed by atoms with van der Waals surface area (Å²) < 4.78 is 38.3. The van der Waals surface area contributed by atoms with Crippen LogP contribution in [-0.2, 0) is 11.0 Å². The normalized spacial score (nSPS) is 10.9. The maximum atomic E-state index is 12.8. The predicted molar refractivity (Wildman–Crippen MR) is 91.2 cm³/mol. The van der Waals surface area contributed by atoms with Gasteiger partial charge in [0.1, 0.15) is 0 Å². The van der Waals surface area contributed by atoms with Crippen LogP contribution in [0.15, 0.2) is 53.0 Å². The van der Waals surface area contributed by atoms with Gasteiger partial charge in [-0.2, -0.15) is 13.2 Å². The zero-order valence-corrected chi connectivity index (χ0v) is 14.2. The summed E-state index contributed by atoms with van der Waals surface area (Å²) in [7, 11) is 0. The Labute approximate surface area is 149 Å². The number of benzene rings is 2. The Morgan fingerprint density at radius 2 is 1.64 bits per heavy atom. The fourth-order valence-corrected chi connectivity index (χ4v) is 2.35. The van der Waals surface area contributed by atoms with Crippen LogP contribution < -0.4 is 16.0 Å². The van der Waals surface area contributed by atoms with Gasteiger partial charge in [-0.1, -0.05) is 34.1 Å². The highest BCUT2D eigenvalue weighted by Crippen LogP contribution is 2.36. The van der Waals surface area contributed by atoms with Crippen molar-refractivity contribution in [2.45, 2.75) is 6.18 Å². The van der Waals surface area contributed by atoms with Crippen molar-refractivity contribution < 1.29 is 22.8 Å². The first-order valence-corrected chi connectivity index (χ1v) is 7.81. The smallest absolute Gasteiger partial charge is 0.329 e. The number of nitrogens with one attached hydrogen (secondary N) is 3. The molecular weight excluding hydrogens is 403 g/mol. The van der Waals surface area contributed by atoms with Crippen LogP contribution in [0.2, 0.25) is 0 Å². The lowest BCUT2D eigenvalue weighted by atomic mass is 10.2. The van der Waals surface area contributed by atoms with Crippen molar-refractivity contribution >= 4 is 39.2 Å². The number of urea groups is 1. The van der Waals surface area contributed by atoms with Crippen molar-refractivity contribution in [1.82, 2.24) is 5.32 Å². The first kappa shape index (κ1) is 18.8. The molecule has 2 aromatic carbocycles. The summed E-state index contributed by atoms with van der Waals surface area (Å²) in [4.78, 5) is 23.4. The van der Waals surface area contributed by atoms with Gasteiger partial charge in [0.15, 0.2) is 0 Å². The first-order valence-electron chi connectivity index (χ1n) is 7.02. The highest BCUT2D eigenvalue weighted by Gasteiger charge is 2.33. The van der Waals surface area contributed by atoms with Gasteiger partial charge < -0.3 is 16.0 Å². The summed E-state index contributed by atoms with van der Waals surface area (Å²) >= 11 is 2.82. The van der Waals surface area contributed by atoms with Crippen molar-refractivity contribution in [1.29, 1.82) is 0 Å². The highest BCUT2D eigenvalue weighted by molar-refractivity contribution is 9.10. The van der Waals surface area contributed by atoms with Gasteiger partial charge in [-0.25, -0.2) is 4.79 Å². The quantitative estimate of drug-likeness (QED) is 0.699. The van der Waals surface area contributed by atoms with Crippen LogP contribution >= 0.6 is 15.9 Å². The molecule has 0 atom stereocenters. The lowest BCUT2D eigenvalue weighted by Gasteiger charge is -2.12. The van der Waals surface area contributed by atoms with Crippen LogP contribution in [0.3, 0.4) is 0 Å². The topological polar surface area (TPSA) is 70.2 Å². The summed E-state index contributed by atoms with van der Waals surface area (Å²) in [6.45, 7) is -0.393. The van der Waals surface area contributed by atoms with Crippen LogP contribution in [0.5, 0.6) is 0 Å². The van der Waals surface area contributed by atoms with Crippen LogP contribution in [0.4, 0.5) is 29.3 Å². The number of rotatable bonds is 4. The van der Waals surface area contributed by atoms with Crippen molar-refractivity contribution in [2.75, 3.05) is 17.2 Å². The van der Waals surface area contributed by atoms with Gasteiger partial charge in [0, 0.05) is 15.8 Å². The van der Waals surface area contributed by atoms with Gasteiger partial charge >= 0.3 is 12.2 Å². The van der Waals surface area contributed by atoms with E-state index in [1.54, 1.807) is 30.3 Å². The van der Waals surface area contributed by atoms with Crippen molar-refractivity contribution in [3.8, 4) is 0 Å². The number of amides is 3. The summed E-state index contributed by atoms with van der Waals surface area (Å²) in [5, 5.41) is 7.13. The molecule has 0 radical (unpaired) electrons. The second kappa shape index (κ2) is 8.02. The van der Waals surface area contributed by atoms with Crippen molar-refractivity contribution in [3.05, 3.63) is 58.6 Å². The van der Waals surface area contributed by atoms with Gasteiger partial charge in [-0.3, -0.25) is 4.79 Å². The summed E-state index contributed by atoms with van der Waals surface area (Å²) in [6.07, 6.45) is -4.55. The molecule has 132 valence electrons. The predicted octanol–water partition coefficient (Wildman–Crippen LogP) is 4.23. The third-order valence-corrected chi connectivity index (χ3v) is 3.69. The molecule has 0 unspecified atom stereocenters. The van der Waals surface area contributed by atoms with Gasteiger partial charge in [0.25, 0.3) is 0 Å². The van der Waals surface area contributed by atoms with Crippen LogP contribution in [-0.4, -0.2) is 18.5 Å². The molecule has 0 fully saturated rings. The van der Waals surface area contributed by atoms with Crippen molar-refractivity contribution in [2.24, 2.45) is 0 Å². The number of hydrogen-bond acceptors (Lipinski definition) is 2. The fraction of sp³-hybridized carbons (Fsp3) is 0.125. The molecule has 0 spiro atoms. The fourth-order valence-electron chi connectivity index (χ4n) is 1.88. The molecule has 2 aromatic rings. The molecule has 9 heteroatoms. The summed E-state index contributed by atoms with van der Waals surface area (Å²) in [6, 6.07) is 11.3. The standard InChI is InChI=1S/C16H13BrF3N3O2/c17-13-7-6-11(8-12(13)16(18,19)20)22-14(24)9-21-15(25)23-10-4-2-1-3-5-10/h1-8H,9H2,(H,22,24)(H2,21,23,25). The molecule has 0 aliphatic rings. The minimum atomic E-state index is -4.55. The molecule has 0 saturated carbocycles. The Morgan fingerprint density at radius 3 is 2.28 bits per heavy atom. The van der Waals surface area contributed by atoms with E-state index in [0.29, 0.717) is 5.69 Å². The molecule has 0 heterocycles.